The number of aromatic nitrogens is 3. The molecule has 5 heteroatoms. The fraction of sp³-hybridized carbons (Fsp3) is 0.226. The minimum Gasteiger partial charge on any atom is -0.309 e. The van der Waals surface area contributed by atoms with Crippen molar-refractivity contribution in [3.63, 3.8) is 0 Å². The molecule has 0 fully saturated rings. The third-order valence-electron chi connectivity index (χ3n) is 16.8. The Hall–Kier alpha value is -6.41. The Bertz CT molecular complexity index is 3780. The first-order valence-electron chi connectivity index (χ1n) is 24.6. The van der Waals surface area contributed by atoms with Crippen LogP contribution in [-0.4, -0.2) is 29.8 Å². The molecule has 8 aromatic carbocycles. The maximum absolute atomic E-state index is 2.70. The molecule has 0 unspecified atom stereocenters. The first kappa shape index (κ1) is 40.8. The highest BCUT2D eigenvalue weighted by atomic mass is 28.3. The van der Waals surface area contributed by atoms with E-state index in [1.54, 1.807) is 21.5 Å². The van der Waals surface area contributed by atoms with E-state index >= 15 is 0 Å². The second-order valence-corrected chi connectivity index (χ2v) is 32.3. The number of hydrogen-bond donors (Lipinski definition) is 0. The molecular formula is C62H59N3Si2. The molecule has 2 aliphatic heterocycles. The van der Waals surface area contributed by atoms with Crippen molar-refractivity contribution >= 4 is 91.9 Å². The molecule has 0 atom stereocenters. The number of nitrogens with zero attached hydrogens (tertiary/aromatic N) is 3. The molecule has 0 spiro atoms. The summed E-state index contributed by atoms with van der Waals surface area (Å²) in [5, 5.41) is 11.0. The molecule has 0 aliphatic carbocycles. The van der Waals surface area contributed by atoms with Gasteiger partial charge in [0, 0.05) is 49.1 Å². The van der Waals surface area contributed by atoms with Gasteiger partial charge in [0.1, 0.15) is 0 Å². The van der Waals surface area contributed by atoms with E-state index in [9.17, 15) is 0 Å². The van der Waals surface area contributed by atoms with Gasteiger partial charge in [-0.15, -0.1) is 0 Å². The van der Waals surface area contributed by atoms with E-state index in [0.717, 1.165) is 0 Å². The van der Waals surface area contributed by atoms with Crippen molar-refractivity contribution in [2.75, 3.05) is 0 Å². The number of rotatable bonds is 4. The lowest BCUT2D eigenvalue weighted by molar-refractivity contribution is 0.498. The van der Waals surface area contributed by atoms with Crippen LogP contribution in [0.5, 0.6) is 0 Å². The monoisotopic (exact) mass is 901 g/mol. The lowest BCUT2D eigenvalue weighted by Crippen LogP contribution is -2.51. The van der Waals surface area contributed by atoms with Gasteiger partial charge >= 0.3 is 0 Å². The van der Waals surface area contributed by atoms with Gasteiger partial charge in [-0.1, -0.05) is 167 Å². The van der Waals surface area contributed by atoms with Crippen LogP contribution >= 0.6 is 0 Å². The van der Waals surface area contributed by atoms with E-state index in [2.05, 4.69) is 231 Å². The lowest BCUT2D eigenvalue weighted by atomic mass is 9.78. The SMILES string of the molecule is CC1(C)CC[Si](C)(C)c2cc(-n3c4ccccc4c4ccccc43)c(-c3cc4c(cc3-n3c5ccccc5c5cc(-n6c7ccccc7c7ccccc76)ccc53)[Si](C)(C)CCC4(C)C)cc21. The smallest absolute Gasteiger partial charge is 0.0811 e. The third-order valence-corrected chi connectivity index (χ3v) is 23.5. The molecule has 0 N–H and O–H groups in total. The summed E-state index contributed by atoms with van der Waals surface area (Å²) in [4.78, 5) is 0. The molecule has 0 radical (unpaired) electrons. The minimum absolute atomic E-state index is 0.0541. The molecule has 330 valence electrons. The molecule has 3 nitrogen and oxygen atoms in total. The van der Waals surface area contributed by atoms with Gasteiger partial charge in [-0.3, -0.25) is 0 Å². The van der Waals surface area contributed by atoms with Crippen LogP contribution in [0, 0.1) is 0 Å². The summed E-state index contributed by atoms with van der Waals surface area (Å²) >= 11 is 0. The molecule has 67 heavy (non-hydrogen) atoms. The molecule has 5 heterocycles. The Morgan fingerprint density at radius 3 is 1.07 bits per heavy atom. The molecule has 0 bridgehead atoms. The normalized spacial score (nSPS) is 17.2. The fourth-order valence-corrected chi connectivity index (χ4v) is 19.1. The highest BCUT2D eigenvalue weighted by Crippen LogP contribution is 2.48. The number of benzene rings is 8. The maximum atomic E-state index is 2.70. The van der Waals surface area contributed by atoms with Crippen LogP contribution in [0.15, 0.2) is 164 Å². The first-order chi connectivity index (χ1) is 32.2. The zero-order valence-electron chi connectivity index (χ0n) is 40.3. The molecule has 2 aliphatic rings. The van der Waals surface area contributed by atoms with Crippen molar-refractivity contribution < 1.29 is 0 Å². The molecule has 0 amide bonds. The number of hydrogen-bond acceptors (Lipinski definition) is 0. The highest BCUT2D eigenvalue weighted by molar-refractivity contribution is 6.91. The van der Waals surface area contributed by atoms with Gasteiger partial charge in [-0.2, -0.15) is 0 Å². The van der Waals surface area contributed by atoms with Gasteiger partial charge in [-0.05, 0) is 108 Å². The van der Waals surface area contributed by atoms with E-state index in [1.807, 2.05) is 0 Å². The largest absolute Gasteiger partial charge is 0.309 e. The number of para-hydroxylation sites is 5. The Balaban J connectivity index is 1.18. The van der Waals surface area contributed by atoms with Gasteiger partial charge in [0.15, 0.2) is 0 Å². The molecule has 13 rings (SSSR count). The second-order valence-electron chi connectivity index (χ2n) is 22.7. The summed E-state index contributed by atoms with van der Waals surface area (Å²) in [7, 11) is -3.61. The van der Waals surface area contributed by atoms with Gasteiger partial charge in [0.25, 0.3) is 0 Å². The van der Waals surface area contributed by atoms with Crippen LogP contribution in [-0.2, 0) is 10.8 Å². The summed E-state index contributed by atoms with van der Waals surface area (Å²) < 4.78 is 7.75. The summed E-state index contributed by atoms with van der Waals surface area (Å²) in [5.74, 6) is 0. The molecule has 0 saturated heterocycles. The van der Waals surface area contributed by atoms with Crippen LogP contribution in [0.25, 0.3) is 93.6 Å². The van der Waals surface area contributed by atoms with Crippen LogP contribution in [0.4, 0.5) is 0 Å². The lowest BCUT2D eigenvalue weighted by Gasteiger charge is -2.43. The van der Waals surface area contributed by atoms with Crippen molar-refractivity contribution in [1.29, 1.82) is 0 Å². The zero-order valence-corrected chi connectivity index (χ0v) is 42.3. The quantitative estimate of drug-likeness (QED) is 0.156. The van der Waals surface area contributed by atoms with Crippen molar-refractivity contribution in [1.82, 2.24) is 13.7 Å². The van der Waals surface area contributed by atoms with Crippen molar-refractivity contribution in [3.8, 4) is 28.2 Å². The zero-order chi connectivity index (χ0) is 45.8. The average molecular weight is 902 g/mol. The van der Waals surface area contributed by atoms with Crippen LogP contribution in [0.3, 0.4) is 0 Å². The second kappa shape index (κ2) is 14.1. The van der Waals surface area contributed by atoms with Crippen molar-refractivity contribution in [2.24, 2.45) is 0 Å². The Morgan fingerprint density at radius 1 is 0.358 bits per heavy atom. The van der Waals surface area contributed by atoms with E-state index in [1.165, 1.54) is 119 Å². The van der Waals surface area contributed by atoms with E-state index in [-0.39, 0.29) is 10.8 Å². The van der Waals surface area contributed by atoms with Crippen LogP contribution in [0.2, 0.25) is 38.3 Å². The standard InChI is InChI=1S/C62H59N3Si2/c1-61(2)31-33-66(5,6)59-38-57(64-53-26-16-11-21-43(53)44-22-12-17-27-54(44)64)47(36-49(59)61)48-37-50-60(67(7,8)34-32-62(50,3)4)39-58(48)65-55-28-18-13-23-45(55)46-35-40(29-30-56(46)65)63-51-24-14-9-19-41(51)42-20-10-15-25-52(42)63/h9-30,35-39H,31-34H2,1-8H3. The summed E-state index contributed by atoms with van der Waals surface area (Å²) in [5.41, 5.74) is 17.1. The summed E-state index contributed by atoms with van der Waals surface area (Å²) in [6, 6.07) is 65.7. The molecule has 3 aromatic heterocycles. The Kier molecular flexibility index (Phi) is 8.57. The van der Waals surface area contributed by atoms with E-state index < -0.39 is 16.1 Å². The Labute approximate surface area is 396 Å². The van der Waals surface area contributed by atoms with Crippen LogP contribution in [0.1, 0.15) is 51.7 Å². The van der Waals surface area contributed by atoms with Crippen molar-refractivity contribution in [2.45, 2.75) is 89.6 Å². The highest BCUT2D eigenvalue weighted by Gasteiger charge is 2.42. The van der Waals surface area contributed by atoms with Crippen molar-refractivity contribution in [3.05, 3.63) is 175 Å². The predicted molar refractivity (Wildman–Crippen MR) is 294 cm³/mol. The number of fused-ring (bicyclic) bond motifs is 11. The first-order valence-corrected chi connectivity index (χ1v) is 31.0. The third kappa shape index (κ3) is 5.86. The van der Waals surface area contributed by atoms with Gasteiger partial charge in [-0.25, -0.2) is 0 Å². The van der Waals surface area contributed by atoms with Gasteiger partial charge in [0.05, 0.1) is 60.6 Å². The molecule has 0 saturated carbocycles. The van der Waals surface area contributed by atoms with Gasteiger partial charge in [0.2, 0.25) is 0 Å². The minimum atomic E-state index is -1.82. The van der Waals surface area contributed by atoms with E-state index in [4.69, 9.17) is 0 Å². The average Bonchev–Trinajstić information content (AvgIpc) is 3.97. The topological polar surface area (TPSA) is 14.8 Å². The predicted octanol–water partition coefficient (Wildman–Crippen LogP) is 15.8. The van der Waals surface area contributed by atoms with Gasteiger partial charge < -0.3 is 13.7 Å². The molecular weight excluding hydrogens is 843 g/mol. The Morgan fingerprint density at radius 2 is 0.687 bits per heavy atom. The summed E-state index contributed by atoms with van der Waals surface area (Å²) in [6.45, 7) is 20.5. The maximum Gasteiger partial charge on any atom is 0.0811 e. The van der Waals surface area contributed by atoms with Crippen LogP contribution < -0.4 is 10.4 Å². The molecule has 11 aromatic rings. The fourth-order valence-electron chi connectivity index (χ4n) is 12.7. The summed E-state index contributed by atoms with van der Waals surface area (Å²) in [6.07, 6.45) is 2.44. The van der Waals surface area contributed by atoms with E-state index in [0.29, 0.717) is 0 Å².